The Morgan fingerprint density at radius 1 is 1.31 bits per heavy atom. The predicted octanol–water partition coefficient (Wildman–Crippen LogP) is 4.08. The number of aliphatic imine (C=N–C) groups is 1. The molecule has 8 heteroatoms. The standard InChI is InChI=1S/C27H30N4O4/c1-4-6-17(2)29-18(3)19-8-9-22-20(13-19)10-12-31-23(22)14-25(30-27(31)32)33-15-21-16-34-26-24(35-21)7-5-11-28-26/h5,7-9,11,13-14,17,21H,4,6,10,12,15-16H2,1-3H3. The van der Waals surface area contributed by atoms with Crippen LogP contribution in [0.15, 0.2) is 52.4 Å². The molecule has 0 spiro atoms. The lowest BCUT2D eigenvalue weighted by atomic mass is 9.94. The van der Waals surface area contributed by atoms with Crippen LogP contribution in [0.2, 0.25) is 0 Å². The van der Waals surface area contributed by atoms with Crippen molar-refractivity contribution in [3.05, 3.63) is 64.2 Å². The molecule has 2 unspecified atom stereocenters. The summed E-state index contributed by atoms with van der Waals surface area (Å²) in [5, 5.41) is 0. The molecule has 8 nitrogen and oxygen atoms in total. The number of rotatable bonds is 7. The van der Waals surface area contributed by atoms with Crippen molar-refractivity contribution in [2.24, 2.45) is 4.99 Å². The van der Waals surface area contributed by atoms with E-state index in [1.54, 1.807) is 22.9 Å². The van der Waals surface area contributed by atoms with Crippen molar-refractivity contribution >= 4 is 5.71 Å². The Hall–Kier alpha value is -3.68. The van der Waals surface area contributed by atoms with Gasteiger partial charge in [0.05, 0.1) is 5.69 Å². The van der Waals surface area contributed by atoms with Gasteiger partial charge in [0.25, 0.3) is 5.88 Å². The fourth-order valence-electron chi connectivity index (χ4n) is 4.61. The van der Waals surface area contributed by atoms with Crippen LogP contribution in [0, 0.1) is 0 Å². The lowest BCUT2D eigenvalue weighted by molar-refractivity contribution is 0.0486. The summed E-state index contributed by atoms with van der Waals surface area (Å²) in [6, 6.07) is 12.1. The first kappa shape index (κ1) is 23.1. The summed E-state index contributed by atoms with van der Waals surface area (Å²) < 4.78 is 19.1. The van der Waals surface area contributed by atoms with E-state index in [2.05, 4.69) is 48.9 Å². The number of ether oxygens (including phenoxy) is 3. The van der Waals surface area contributed by atoms with Crippen LogP contribution in [0.5, 0.6) is 17.5 Å². The van der Waals surface area contributed by atoms with E-state index in [4.69, 9.17) is 19.2 Å². The maximum Gasteiger partial charge on any atom is 0.351 e. The highest BCUT2D eigenvalue weighted by molar-refractivity contribution is 5.99. The molecule has 5 rings (SSSR count). The van der Waals surface area contributed by atoms with Crippen molar-refractivity contribution in [3.8, 4) is 28.8 Å². The summed E-state index contributed by atoms with van der Waals surface area (Å²) in [6.45, 7) is 7.51. The Morgan fingerprint density at radius 2 is 2.20 bits per heavy atom. The highest BCUT2D eigenvalue weighted by atomic mass is 16.6. The van der Waals surface area contributed by atoms with E-state index in [-0.39, 0.29) is 24.3 Å². The number of pyridine rings is 1. The van der Waals surface area contributed by atoms with Gasteiger partial charge in [-0.25, -0.2) is 9.78 Å². The number of nitrogens with zero attached hydrogens (tertiary/aromatic N) is 4. The number of fused-ring (bicyclic) bond motifs is 4. The molecule has 2 aromatic heterocycles. The maximum absolute atomic E-state index is 12.8. The minimum Gasteiger partial charge on any atom is -0.478 e. The monoisotopic (exact) mass is 474 g/mol. The van der Waals surface area contributed by atoms with Crippen molar-refractivity contribution in [1.82, 2.24) is 14.5 Å². The van der Waals surface area contributed by atoms with Gasteiger partial charge in [-0.3, -0.25) is 9.56 Å². The van der Waals surface area contributed by atoms with Crippen LogP contribution in [0.4, 0.5) is 0 Å². The number of aromatic nitrogens is 3. The molecule has 4 heterocycles. The van der Waals surface area contributed by atoms with Gasteiger partial charge in [0.2, 0.25) is 5.88 Å². The van der Waals surface area contributed by atoms with Crippen LogP contribution < -0.4 is 19.9 Å². The molecule has 182 valence electrons. The van der Waals surface area contributed by atoms with Crippen molar-refractivity contribution in [2.75, 3.05) is 13.2 Å². The van der Waals surface area contributed by atoms with Crippen LogP contribution in [-0.2, 0) is 13.0 Å². The Kier molecular flexibility index (Phi) is 6.53. The van der Waals surface area contributed by atoms with E-state index in [0.717, 1.165) is 41.8 Å². The third-order valence-electron chi connectivity index (χ3n) is 6.36. The van der Waals surface area contributed by atoms with Crippen LogP contribution >= 0.6 is 0 Å². The molecule has 0 fully saturated rings. The van der Waals surface area contributed by atoms with E-state index < -0.39 is 0 Å². The second-order valence-electron chi connectivity index (χ2n) is 9.06. The van der Waals surface area contributed by atoms with Gasteiger partial charge in [0.15, 0.2) is 11.9 Å². The van der Waals surface area contributed by atoms with Crippen molar-refractivity contribution in [3.63, 3.8) is 0 Å². The molecular weight excluding hydrogens is 444 g/mol. The fraction of sp³-hybridized carbons (Fsp3) is 0.407. The van der Waals surface area contributed by atoms with Gasteiger partial charge in [0, 0.05) is 36.1 Å². The molecule has 2 aliphatic heterocycles. The number of benzene rings is 1. The molecule has 2 aliphatic rings. The molecule has 0 saturated carbocycles. The summed E-state index contributed by atoms with van der Waals surface area (Å²) in [4.78, 5) is 25.9. The highest BCUT2D eigenvalue weighted by Gasteiger charge is 2.24. The Labute approximate surface area is 204 Å². The zero-order valence-corrected chi connectivity index (χ0v) is 20.4. The summed E-state index contributed by atoms with van der Waals surface area (Å²) in [7, 11) is 0. The number of hydrogen-bond acceptors (Lipinski definition) is 7. The molecule has 0 bridgehead atoms. The fourth-order valence-corrected chi connectivity index (χ4v) is 4.61. The molecule has 35 heavy (non-hydrogen) atoms. The molecular formula is C27H30N4O4. The minimum atomic E-state index is -0.320. The quantitative estimate of drug-likeness (QED) is 0.480. The van der Waals surface area contributed by atoms with Gasteiger partial charge >= 0.3 is 5.69 Å². The molecule has 0 saturated heterocycles. The van der Waals surface area contributed by atoms with Crippen molar-refractivity contribution < 1.29 is 14.2 Å². The molecule has 0 amide bonds. The second kappa shape index (κ2) is 9.90. The lowest BCUT2D eigenvalue weighted by Gasteiger charge is -2.26. The van der Waals surface area contributed by atoms with E-state index in [9.17, 15) is 4.79 Å². The highest BCUT2D eigenvalue weighted by Crippen LogP contribution is 2.31. The largest absolute Gasteiger partial charge is 0.478 e. The Bertz CT molecular complexity index is 1320. The Balaban J connectivity index is 1.35. The normalized spacial score (nSPS) is 17.3. The van der Waals surface area contributed by atoms with E-state index >= 15 is 0 Å². The second-order valence-corrected chi connectivity index (χ2v) is 9.06. The first-order valence-electron chi connectivity index (χ1n) is 12.2. The van der Waals surface area contributed by atoms with Crippen LogP contribution in [0.25, 0.3) is 11.3 Å². The number of aryl methyl sites for hydroxylation is 1. The van der Waals surface area contributed by atoms with Crippen molar-refractivity contribution in [1.29, 1.82) is 0 Å². The van der Waals surface area contributed by atoms with Gasteiger partial charge in [-0.15, -0.1) is 0 Å². The maximum atomic E-state index is 12.8. The third kappa shape index (κ3) is 4.92. The summed E-state index contributed by atoms with van der Waals surface area (Å²) in [6.07, 6.45) is 4.31. The topological polar surface area (TPSA) is 87.8 Å². The molecule has 0 radical (unpaired) electrons. The van der Waals surface area contributed by atoms with E-state index in [0.29, 0.717) is 30.8 Å². The van der Waals surface area contributed by atoms with Crippen LogP contribution in [-0.4, -0.2) is 45.6 Å². The van der Waals surface area contributed by atoms with Gasteiger partial charge < -0.3 is 14.2 Å². The zero-order valence-electron chi connectivity index (χ0n) is 20.4. The summed E-state index contributed by atoms with van der Waals surface area (Å²) in [5.74, 6) is 1.34. The smallest absolute Gasteiger partial charge is 0.351 e. The average Bonchev–Trinajstić information content (AvgIpc) is 2.87. The molecule has 0 N–H and O–H groups in total. The average molecular weight is 475 g/mol. The summed E-state index contributed by atoms with van der Waals surface area (Å²) >= 11 is 0. The minimum absolute atomic E-state index is 0.210. The first-order valence-corrected chi connectivity index (χ1v) is 12.2. The van der Waals surface area contributed by atoms with Gasteiger partial charge in [-0.05, 0) is 56.0 Å². The molecule has 1 aromatic carbocycles. The lowest BCUT2D eigenvalue weighted by Crippen LogP contribution is -2.35. The molecule has 2 atom stereocenters. The van der Waals surface area contributed by atoms with Crippen LogP contribution in [0.1, 0.15) is 44.7 Å². The van der Waals surface area contributed by atoms with Gasteiger partial charge in [-0.2, -0.15) is 4.98 Å². The third-order valence-corrected chi connectivity index (χ3v) is 6.36. The predicted molar refractivity (Wildman–Crippen MR) is 134 cm³/mol. The van der Waals surface area contributed by atoms with Crippen LogP contribution in [0.3, 0.4) is 0 Å². The number of hydrogen-bond donors (Lipinski definition) is 0. The van der Waals surface area contributed by atoms with Gasteiger partial charge in [-0.1, -0.05) is 25.5 Å². The van der Waals surface area contributed by atoms with E-state index in [1.165, 1.54) is 5.56 Å². The molecule has 3 aromatic rings. The Morgan fingerprint density at radius 3 is 3.06 bits per heavy atom. The molecule has 0 aliphatic carbocycles. The summed E-state index contributed by atoms with van der Waals surface area (Å²) in [5.41, 5.74) is 4.89. The van der Waals surface area contributed by atoms with E-state index in [1.807, 2.05) is 6.07 Å². The first-order chi connectivity index (χ1) is 17.0. The SMILES string of the molecule is CCCC(C)N=C(C)c1ccc2c(c1)CCn1c-2cc(OCC2COc3ncccc3O2)nc1=O. The van der Waals surface area contributed by atoms with Gasteiger partial charge in [0.1, 0.15) is 13.2 Å². The van der Waals surface area contributed by atoms with Crippen molar-refractivity contribution in [2.45, 2.75) is 58.7 Å². The zero-order chi connectivity index (χ0) is 24.4.